The van der Waals surface area contributed by atoms with Gasteiger partial charge in [-0.3, -0.25) is 0 Å². The molecule has 1 aromatic carbocycles. The molecule has 0 radical (unpaired) electrons. The maximum absolute atomic E-state index is 9.89. The molecule has 0 aliphatic rings. The van der Waals surface area contributed by atoms with Crippen molar-refractivity contribution in [3.05, 3.63) is 47.1 Å². The third-order valence-corrected chi connectivity index (χ3v) is 3.55. The molecule has 2 rings (SSSR count). The van der Waals surface area contributed by atoms with Crippen molar-refractivity contribution in [3.63, 3.8) is 0 Å². The van der Waals surface area contributed by atoms with Crippen LogP contribution in [0, 0.1) is 0 Å². The third kappa shape index (κ3) is 7.69. The SMILES string of the molecule is CC(C)NCC(O)COc1cccc(CCOc2ccc(Cl)nn2)c1. The first kappa shape index (κ1) is 19.4. The molecule has 0 saturated carbocycles. The van der Waals surface area contributed by atoms with E-state index < -0.39 is 6.10 Å². The first-order valence-electron chi connectivity index (χ1n) is 8.28. The highest BCUT2D eigenvalue weighted by Crippen LogP contribution is 2.15. The molecule has 25 heavy (non-hydrogen) atoms. The molecule has 0 spiro atoms. The average molecular weight is 366 g/mol. The summed E-state index contributed by atoms with van der Waals surface area (Å²) in [4.78, 5) is 0. The van der Waals surface area contributed by atoms with Crippen LogP contribution in [0.2, 0.25) is 5.15 Å². The van der Waals surface area contributed by atoms with Gasteiger partial charge >= 0.3 is 0 Å². The summed E-state index contributed by atoms with van der Waals surface area (Å²) in [6, 6.07) is 11.4. The molecule has 7 heteroatoms. The van der Waals surface area contributed by atoms with E-state index in [0.717, 1.165) is 11.3 Å². The summed E-state index contributed by atoms with van der Waals surface area (Å²) in [5.74, 6) is 1.17. The van der Waals surface area contributed by atoms with E-state index >= 15 is 0 Å². The molecule has 0 fully saturated rings. The second-order valence-corrected chi connectivity index (χ2v) is 6.36. The van der Waals surface area contributed by atoms with Crippen LogP contribution < -0.4 is 14.8 Å². The molecule has 136 valence electrons. The standard InChI is InChI=1S/C18H24ClN3O3/c1-13(2)20-11-15(23)12-25-16-5-3-4-14(10-16)8-9-24-18-7-6-17(19)21-22-18/h3-7,10,13,15,20,23H,8-9,11-12H2,1-2H3. The number of hydrogen-bond acceptors (Lipinski definition) is 6. The molecular weight excluding hydrogens is 342 g/mol. The van der Waals surface area contributed by atoms with Crippen molar-refractivity contribution in [3.8, 4) is 11.6 Å². The lowest BCUT2D eigenvalue weighted by atomic mass is 10.1. The van der Waals surface area contributed by atoms with Gasteiger partial charge in [0.25, 0.3) is 0 Å². The quantitative estimate of drug-likeness (QED) is 0.673. The van der Waals surface area contributed by atoms with Crippen molar-refractivity contribution in [2.75, 3.05) is 19.8 Å². The van der Waals surface area contributed by atoms with Crippen LogP contribution in [0.5, 0.6) is 11.6 Å². The number of nitrogens with zero attached hydrogens (tertiary/aromatic N) is 2. The molecule has 1 unspecified atom stereocenters. The van der Waals surface area contributed by atoms with Gasteiger partial charge in [0.2, 0.25) is 5.88 Å². The van der Waals surface area contributed by atoms with Gasteiger partial charge in [0.1, 0.15) is 18.5 Å². The van der Waals surface area contributed by atoms with Crippen molar-refractivity contribution in [1.82, 2.24) is 15.5 Å². The number of rotatable bonds is 10. The van der Waals surface area contributed by atoms with Gasteiger partial charge in [0.05, 0.1) is 6.61 Å². The Hall–Kier alpha value is -1.89. The smallest absolute Gasteiger partial charge is 0.233 e. The highest BCUT2D eigenvalue weighted by molar-refractivity contribution is 6.29. The Morgan fingerprint density at radius 3 is 2.72 bits per heavy atom. The number of halogens is 1. The Morgan fingerprint density at radius 2 is 2.00 bits per heavy atom. The van der Waals surface area contributed by atoms with Crippen LogP contribution in [-0.4, -0.2) is 47.2 Å². The Labute approximate surface area is 153 Å². The number of benzene rings is 1. The molecule has 1 atom stereocenters. The zero-order chi connectivity index (χ0) is 18.1. The van der Waals surface area contributed by atoms with Crippen LogP contribution >= 0.6 is 11.6 Å². The Balaban J connectivity index is 1.75. The minimum Gasteiger partial charge on any atom is -0.491 e. The summed E-state index contributed by atoms with van der Waals surface area (Å²) in [7, 11) is 0. The molecule has 0 amide bonds. The topological polar surface area (TPSA) is 76.5 Å². The minimum absolute atomic E-state index is 0.250. The lowest BCUT2D eigenvalue weighted by molar-refractivity contribution is 0.104. The van der Waals surface area contributed by atoms with Crippen LogP contribution in [0.25, 0.3) is 0 Å². The van der Waals surface area contributed by atoms with Crippen molar-refractivity contribution < 1.29 is 14.6 Å². The number of aliphatic hydroxyl groups excluding tert-OH is 1. The van der Waals surface area contributed by atoms with Crippen molar-refractivity contribution in [2.45, 2.75) is 32.4 Å². The average Bonchev–Trinajstić information content (AvgIpc) is 2.60. The first-order valence-corrected chi connectivity index (χ1v) is 8.66. The van der Waals surface area contributed by atoms with Gasteiger partial charge < -0.3 is 19.9 Å². The van der Waals surface area contributed by atoms with Crippen molar-refractivity contribution in [2.24, 2.45) is 0 Å². The van der Waals surface area contributed by atoms with Gasteiger partial charge in [-0.2, -0.15) is 0 Å². The van der Waals surface area contributed by atoms with E-state index in [4.69, 9.17) is 21.1 Å². The van der Waals surface area contributed by atoms with Gasteiger partial charge in [-0.05, 0) is 23.8 Å². The number of aliphatic hydroxyl groups is 1. The molecule has 0 bridgehead atoms. The van der Waals surface area contributed by atoms with E-state index in [1.807, 2.05) is 38.1 Å². The van der Waals surface area contributed by atoms with Gasteiger partial charge in [-0.15, -0.1) is 10.2 Å². The van der Waals surface area contributed by atoms with E-state index in [-0.39, 0.29) is 6.61 Å². The van der Waals surface area contributed by atoms with Crippen molar-refractivity contribution >= 4 is 11.6 Å². The van der Waals surface area contributed by atoms with E-state index in [1.54, 1.807) is 12.1 Å². The summed E-state index contributed by atoms with van der Waals surface area (Å²) in [6.07, 6.45) is 0.164. The fourth-order valence-corrected chi connectivity index (χ4v) is 2.17. The van der Waals surface area contributed by atoms with Crippen LogP contribution in [0.4, 0.5) is 0 Å². The van der Waals surface area contributed by atoms with E-state index in [1.165, 1.54) is 0 Å². The van der Waals surface area contributed by atoms with Gasteiger partial charge in [-0.1, -0.05) is 37.6 Å². The van der Waals surface area contributed by atoms with Gasteiger partial charge in [-0.25, -0.2) is 0 Å². The number of ether oxygens (including phenoxy) is 2. The van der Waals surface area contributed by atoms with E-state index in [2.05, 4.69) is 15.5 Å². The molecule has 0 aliphatic carbocycles. The summed E-state index contributed by atoms with van der Waals surface area (Å²) in [5.41, 5.74) is 1.08. The van der Waals surface area contributed by atoms with E-state index in [0.29, 0.717) is 36.6 Å². The molecule has 2 aromatic rings. The zero-order valence-electron chi connectivity index (χ0n) is 14.5. The molecule has 1 aromatic heterocycles. The van der Waals surface area contributed by atoms with Crippen LogP contribution in [0.15, 0.2) is 36.4 Å². The van der Waals surface area contributed by atoms with Crippen molar-refractivity contribution in [1.29, 1.82) is 0 Å². The summed E-state index contributed by atoms with van der Waals surface area (Å²) >= 11 is 5.68. The number of aromatic nitrogens is 2. The number of hydrogen-bond donors (Lipinski definition) is 2. The molecule has 6 nitrogen and oxygen atoms in total. The monoisotopic (exact) mass is 365 g/mol. The predicted octanol–water partition coefficient (Wildman–Crippen LogP) is 2.49. The molecule has 0 aliphatic heterocycles. The second-order valence-electron chi connectivity index (χ2n) is 5.97. The van der Waals surface area contributed by atoms with E-state index in [9.17, 15) is 5.11 Å². The summed E-state index contributed by atoms with van der Waals surface area (Å²) < 4.78 is 11.2. The summed E-state index contributed by atoms with van der Waals surface area (Å²) in [5, 5.41) is 21.0. The minimum atomic E-state index is -0.544. The Kier molecular flexibility index (Phi) is 7.91. The van der Waals surface area contributed by atoms with Crippen LogP contribution in [0.1, 0.15) is 19.4 Å². The van der Waals surface area contributed by atoms with Gasteiger partial charge in [0.15, 0.2) is 5.15 Å². The third-order valence-electron chi connectivity index (χ3n) is 3.35. The first-order chi connectivity index (χ1) is 12.0. The molecule has 2 N–H and O–H groups in total. The fourth-order valence-electron chi connectivity index (χ4n) is 2.07. The molecular formula is C18H24ClN3O3. The maximum atomic E-state index is 9.89. The predicted molar refractivity (Wildman–Crippen MR) is 97.3 cm³/mol. The largest absolute Gasteiger partial charge is 0.491 e. The van der Waals surface area contributed by atoms with Crippen LogP contribution in [-0.2, 0) is 6.42 Å². The molecule has 1 heterocycles. The highest BCUT2D eigenvalue weighted by Gasteiger charge is 2.06. The lowest BCUT2D eigenvalue weighted by Crippen LogP contribution is -2.35. The maximum Gasteiger partial charge on any atom is 0.233 e. The normalized spacial score (nSPS) is 12.2. The zero-order valence-corrected chi connectivity index (χ0v) is 15.2. The Bertz CT molecular complexity index is 638. The Morgan fingerprint density at radius 1 is 1.16 bits per heavy atom. The molecule has 0 saturated heterocycles. The van der Waals surface area contributed by atoms with Crippen LogP contribution in [0.3, 0.4) is 0 Å². The highest BCUT2D eigenvalue weighted by atomic mass is 35.5. The fraction of sp³-hybridized carbons (Fsp3) is 0.444. The van der Waals surface area contributed by atoms with Gasteiger partial charge in [0, 0.05) is 25.1 Å². The number of nitrogens with one attached hydrogen (secondary N) is 1. The lowest BCUT2D eigenvalue weighted by Gasteiger charge is -2.15. The second kappa shape index (κ2) is 10.2. The summed E-state index contributed by atoms with van der Waals surface area (Å²) in [6.45, 7) is 5.30.